The zero-order valence-corrected chi connectivity index (χ0v) is 8.33. The molecule has 4 heteroatoms. The van der Waals surface area contributed by atoms with Gasteiger partial charge in [-0.3, -0.25) is 0 Å². The number of methoxy groups -OCH3 is 2. The quantitative estimate of drug-likeness (QED) is 0.733. The van der Waals surface area contributed by atoms with E-state index >= 15 is 0 Å². The normalized spacial score (nSPS) is 10.5. The summed E-state index contributed by atoms with van der Waals surface area (Å²) < 4.78 is 15.5. The summed E-state index contributed by atoms with van der Waals surface area (Å²) >= 11 is 0. The molecular weight excluding hydrogens is 182 g/mol. The Balaban J connectivity index is 2.81. The average molecular weight is 193 g/mol. The third-order valence-corrected chi connectivity index (χ3v) is 2.17. The van der Waals surface area contributed by atoms with Gasteiger partial charge in [0.05, 0.1) is 19.6 Å². The second kappa shape index (κ2) is 3.21. The van der Waals surface area contributed by atoms with Crippen LogP contribution in [0.15, 0.2) is 16.7 Å². The molecule has 1 aromatic heterocycles. The van der Waals surface area contributed by atoms with Crippen molar-refractivity contribution in [2.45, 2.75) is 6.92 Å². The monoisotopic (exact) mass is 193 g/mol. The Morgan fingerprint density at radius 2 is 1.79 bits per heavy atom. The van der Waals surface area contributed by atoms with Crippen LogP contribution >= 0.6 is 0 Å². The third kappa shape index (κ3) is 1.11. The van der Waals surface area contributed by atoms with E-state index in [1.54, 1.807) is 14.2 Å². The molecule has 0 spiro atoms. The van der Waals surface area contributed by atoms with Crippen LogP contribution in [0.25, 0.3) is 10.9 Å². The van der Waals surface area contributed by atoms with Crippen molar-refractivity contribution >= 4 is 10.9 Å². The lowest BCUT2D eigenvalue weighted by Crippen LogP contribution is -1.88. The van der Waals surface area contributed by atoms with Crippen LogP contribution in [0.5, 0.6) is 11.5 Å². The van der Waals surface area contributed by atoms with Crippen LogP contribution in [0.4, 0.5) is 0 Å². The van der Waals surface area contributed by atoms with Crippen molar-refractivity contribution in [2.24, 2.45) is 0 Å². The van der Waals surface area contributed by atoms with Crippen LogP contribution in [-0.2, 0) is 0 Å². The van der Waals surface area contributed by atoms with Gasteiger partial charge in [0, 0.05) is 0 Å². The lowest BCUT2D eigenvalue weighted by atomic mass is 10.2. The number of hydrogen-bond acceptors (Lipinski definition) is 4. The molecule has 2 aromatic rings. The molecule has 1 heterocycles. The Morgan fingerprint density at radius 3 is 2.43 bits per heavy atom. The first-order valence-corrected chi connectivity index (χ1v) is 4.25. The molecule has 0 amide bonds. The molecule has 0 saturated carbocycles. The fourth-order valence-electron chi connectivity index (χ4n) is 1.48. The number of hydrogen-bond donors (Lipinski definition) is 0. The smallest absolute Gasteiger partial charge is 0.159 e. The van der Waals surface area contributed by atoms with Gasteiger partial charge in [-0.2, -0.15) is 0 Å². The summed E-state index contributed by atoms with van der Waals surface area (Å²) in [6.45, 7) is 1.84. The van der Waals surface area contributed by atoms with Crippen molar-refractivity contribution in [1.82, 2.24) is 5.16 Å². The van der Waals surface area contributed by atoms with E-state index in [1.165, 1.54) is 0 Å². The molecule has 14 heavy (non-hydrogen) atoms. The van der Waals surface area contributed by atoms with E-state index in [4.69, 9.17) is 14.0 Å². The van der Waals surface area contributed by atoms with Crippen LogP contribution in [0.3, 0.4) is 0 Å². The van der Waals surface area contributed by atoms with E-state index in [0.29, 0.717) is 11.3 Å². The van der Waals surface area contributed by atoms with Crippen LogP contribution in [0, 0.1) is 6.92 Å². The predicted molar refractivity (Wildman–Crippen MR) is 51.9 cm³/mol. The van der Waals surface area contributed by atoms with Gasteiger partial charge in [0.2, 0.25) is 0 Å². The molecule has 0 radical (unpaired) electrons. The highest BCUT2D eigenvalue weighted by Gasteiger charge is 2.14. The molecule has 0 fully saturated rings. The highest BCUT2D eigenvalue weighted by atomic mass is 16.5. The fourth-order valence-corrected chi connectivity index (χ4v) is 1.48. The van der Waals surface area contributed by atoms with E-state index in [1.807, 2.05) is 19.1 Å². The number of benzene rings is 1. The lowest BCUT2D eigenvalue weighted by molar-refractivity contribution is 0.393. The molecule has 4 nitrogen and oxygen atoms in total. The van der Waals surface area contributed by atoms with Gasteiger partial charge in [-0.15, -0.1) is 0 Å². The maximum Gasteiger partial charge on any atom is 0.159 e. The molecule has 1 aromatic carbocycles. The maximum absolute atomic E-state index is 5.21. The largest absolute Gasteiger partial charge is 0.496 e. The number of aromatic nitrogens is 1. The van der Waals surface area contributed by atoms with Crippen LogP contribution in [0.1, 0.15) is 5.76 Å². The minimum atomic E-state index is 0.692. The molecule has 0 aliphatic rings. The molecule has 0 aliphatic carbocycles. The van der Waals surface area contributed by atoms with Crippen LogP contribution < -0.4 is 9.47 Å². The predicted octanol–water partition coefficient (Wildman–Crippen LogP) is 2.15. The SMILES string of the molecule is COc1ccc(OC)c2c(C)onc12. The second-order valence-electron chi connectivity index (χ2n) is 2.93. The van der Waals surface area contributed by atoms with Gasteiger partial charge in [0.1, 0.15) is 17.3 Å². The highest BCUT2D eigenvalue weighted by Crippen LogP contribution is 2.34. The number of nitrogens with zero attached hydrogens (tertiary/aromatic N) is 1. The Bertz CT molecular complexity index is 462. The summed E-state index contributed by atoms with van der Waals surface area (Å²) in [5.41, 5.74) is 0.698. The summed E-state index contributed by atoms with van der Waals surface area (Å²) in [5.74, 6) is 2.17. The van der Waals surface area contributed by atoms with Gasteiger partial charge in [0.15, 0.2) is 5.52 Å². The summed E-state index contributed by atoms with van der Waals surface area (Å²) in [6.07, 6.45) is 0. The van der Waals surface area contributed by atoms with Crippen molar-refractivity contribution in [2.75, 3.05) is 14.2 Å². The van der Waals surface area contributed by atoms with Crippen molar-refractivity contribution < 1.29 is 14.0 Å². The number of fused-ring (bicyclic) bond motifs is 1. The lowest BCUT2D eigenvalue weighted by Gasteiger charge is -2.04. The first-order chi connectivity index (χ1) is 6.77. The van der Waals surface area contributed by atoms with Gasteiger partial charge in [-0.25, -0.2) is 0 Å². The van der Waals surface area contributed by atoms with Gasteiger partial charge < -0.3 is 14.0 Å². The zero-order valence-electron chi connectivity index (χ0n) is 8.33. The average Bonchev–Trinajstić information content (AvgIpc) is 2.60. The molecule has 0 N–H and O–H groups in total. The molecular formula is C10H11NO3. The molecule has 0 unspecified atom stereocenters. The summed E-state index contributed by atoms with van der Waals surface area (Å²) in [5, 5.41) is 4.79. The fraction of sp³-hybridized carbons (Fsp3) is 0.300. The minimum absolute atomic E-state index is 0.692. The zero-order chi connectivity index (χ0) is 10.1. The van der Waals surface area contributed by atoms with E-state index in [9.17, 15) is 0 Å². The van der Waals surface area contributed by atoms with E-state index in [-0.39, 0.29) is 0 Å². The van der Waals surface area contributed by atoms with Gasteiger partial charge in [-0.05, 0) is 19.1 Å². The number of ether oxygens (including phenoxy) is 2. The Kier molecular flexibility index (Phi) is 2.04. The molecule has 0 aliphatic heterocycles. The van der Waals surface area contributed by atoms with E-state index < -0.39 is 0 Å². The Hall–Kier alpha value is -1.71. The van der Waals surface area contributed by atoms with E-state index in [2.05, 4.69) is 5.16 Å². The van der Waals surface area contributed by atoms with Gasteiger partial charge in [0.25, 0.3) is 0 Å². The van der Waals surface area contributed by atoms with Crippen LogP contribution in [-0.4, -0.2) is 19.4 Å². The molecule has 2 rings (SSSR count). The van der Waals surface area contributed by atoms with Crippen molar-refractivity contribution in [1.29, 1.82) is 0 Å². The maximum atomic E-state index is 5.21. The van der Waals surface area contributed by atoms with Crippen molar-refractivity contribution in [3.63, 3.8) is 0 Å². The standard InChI is InChI=1S/C10H11NO3/c1-6-9-7(12-2)4-5-8(13-3)10(9)11-14-6/h4-5H,1-3H3. The summed E-state index contributed by atoms with van der Waals surface area (Å²) in [4.78, 5) is 0. The number of aryl methyl sites for hydroxylation is 1. The first kappa shape index (κ1) is 8.87. The molecule has 0 atom stereocenters. The second-order valence-corrected chi connectivity index (χ2v) is 2.93. The summed E-state index contributed by atoms with van der Waals surface area (Å²) in [6, 6.07) is 3.65. The molecule has 0 bridgehead atoms. The number of rotatable bonds is 2. The third-order valence-electron chi connectivity index (χ3n) is 2.17. The van der Waals surface area contributed by atoms with E-state index in [0.717, 1.165) is 16.9 Å². The van der Waals surface area contributed by atoms with Gasteiger partial charge >= 0.3 is 0 Å². The van der Waals surface area contributed by atoms with Crippen LogP contribution in [0.2, 0.25) is 0 Å². The highest BCUT2D eigenvalue weighted by molar-refractivity contribution is 5.91. The Labute approximate surface area is 81.4 Å². The van der Waals surface area contributed by atoms with Crippen molar-refractivity contribution in [3.8, 4) is 11.5 Å². The minimum Gasteiger partial charge on any atom is -0.496 e. The first-order valence-electron chi connectivity index (χ1n) is 4.25. The van der Waals surface area contributed by atoms with Crippen molar-refractivity contribution in [3.05, 3.63) is 17.9 Å². The van der Waals surface area contributed by atoms with Gasteiger partial charge in [-0.1, -0.05) is 5.16 Å². The molecule has 74 valence electrons. The molecule has 0 saturated heterocycles. The topological polar surface area (TPSA) is 44.5 Å². The Morgan fingerprint density at radius 1 is 1.14 bits per heavy atom. The summed E-state index contributed by atoms with van der Waals surface area (Å²) in [7, 11) is 3.22.